The molecule has 1 aliphatic heterocycles. The van der Waals surface area contributed by atoms with Gasteiger partial charge in [-0.15, -0.1) is 0 Å². The average molecular weight is 323 g/mol. The first-order chi connectivity index (χ1) is 11.7. The van der Waals surface area contributed by atoms with Gasteiger partial charge in [-0.05, 0) is 42.2 Å². The lowest BCUT2D eigenvalue weighted by Gasteiger charge is -2.38. The van der Waals surface area contributed by atoms with Crippen molar-refractivity contribution in [2.24, 2.45) is 5.92 Å². The van der Waals surface area contributed by atoms with Gasteiger partial charge in [-0.3, -0.25) is 0 Å². The van der Waals surface area contributed by atoms with Crippen LogP contribution in [0.25, 0.3) is 0 Å². The Labute approximate surface area is 141 Å². The van der Waals surface area contributed by atoms with Crippen molar-refractivity contribution in [3.8, 4) is 17.2 Å². The number of rotatable bonds is 3. The molecule has 2 aliphatic rings. The summed E-state index contributed by atoms with van der Waals surface area (Å²) in [4.78, 5) is 0. The molecule has 4 rings (SSSR count). The highest BCUT2D eigenvalue weighted by molar-refractivity contribution is 5.71. The molecule has 0 spiro atoms. The Bertz CT molecular complexity index is 782. The number of phenolic OH excluding ortho intramolecular Hbond substituents is 1. The Hall–Kier alpha value is -2.62. The molecule has 1 aliphatic carbocycles. The van der Waals surface area contributed by atoms with E-state index in [0.29, 0.717) is 11.8 Å². The van der Waals surface area contributed by atoms with Crippen molar-refractivity contribution in [2.75, 3.05) is 19.5 Å². The number of fused-ring (bicyclic) bond motifs is 3. The van der Waals surface area contributed by atoms with Gasteiger partial charge in [0, 0.05) is 11.5 Å². The number of anilines is 1. The molecule has 3 atom stereocenters. The van der Waals surface area contributed by atoms with E-state index < -0.39 is 0 Å². The monoisotopic (exact) mass is 323 g/mol. The predicted molar refractivity (Wildman–Crippen MR) is 94.0 cm³/mol. The van der Waals surface area contributed by atoms with E-state index in [1.807, 2.05) is 24.3 Å². The van der Waals surface area contributed by atoms with Crippen LogP contribution in [0.3, 0.4) is 0 Å². The van der Waals surface area contributed by atoms with Gasteiger partial charge in [0.15, 0.2) is 0 Å². The summed E-state index contributed by atoms with van der Waals surface area (Å²) < 4.78 is 11.2. The van der Waals surface area contributed by atoms with Gasteiger partial charge < -0.3 is 19.9 Å². The number of aromatic hydroxyl groups is 1. The summed E-state index contributed by atoms with van der Waals surface area (Å²) in [6.07, 6.45) is 5.54. The molecule has 2 N–H and O–H groups in total. The molecule has 0 saturated carbocycles. The van der Waals surface area contributed by atoms with Gasteiger partial charge in [0.1, 0.15) is 17.2 Å². The molecule has 2 aromatic carbocycles. The molecule has 0 radical (unpaired) electrons. The summed E-state index contributed by atoms with van der Waals surface area (Å²) in [5.41, 5.74) is 3.34. The van der Waals surface area contributed by atoms with E-state index in [-0.39, 0.29) is 11.8 Å². The van der Waals surface area contributed by atoms with Crippen molar-refractivity contribution in [2.45, 2.75) is 18.4 Å². The highest BCUT2D eigenvalue weighted by atomic mass is 16.5. The summed E-state index contributed by atoms with van der Waals surface area (Å²) >= 11 is 0. The van der Waals surface area contributed by atoms with E-state index in [4.69, 9.17) is 9.47 Å². The van der Waals surface area contributed by atoms with Gasteiger partial charge >= 0.3 is 0 Å². The van der Waals surface area contributed by atoms with E-state index in [2.05, 4.69) is 17.5 Å². The highest BCUT2D eigenvalue weighted by Crippen LogP contribution is 2.55. The first kappa shape index (κ1) is 14.9. The second-order valence-corrected chi connectivity index (χ2v) is 6.33. The van der Waals surface area contributed by atoms with E-state index in [1.54, 1.807) is 26.4 Å². The minimum absolute atomic E-state index is 0.166. The molecular formula is C20H21NO3. The number of benzene rings is 2. The maximum absolute atomic E-state index is 9.58. The third kappa shape index (κ3) is 2.21. The van der Waals surface area contributed by atoms with Gasteiger partial charge in [-0.25, -0.2) is 0 Å². The average Bonchev–Trinajstić information content (AvgIpc) is 3.10. The fourth-order valence-electron chi connectivity index (χ4n) is 4.01. The van der Waals surface area contributed by atoms with Crippen LogP contribution in [0.4, 0.5) is 5.69 Å². The molecule has 0 aromatic heterocycles. The lowest BCUT2D eigenvalue weighted by molar-refractivity contribution is 0.370. The third-order valence-electron chi connectivity index (χ3n) is 5.13. The molecule has 0 fully saturated rings. The van der Waals surface area contributed by atoms with Crippen molar-refractivity contribution >= 4 is 5.69 Å². The highest BCUT2D eigenvalue weighted by Gasteiger charge is 2.40. The lowest BCUT2D eigenvalue weighted by atomic mass is 9.76. The molecule has 3 unspecified atom stereocenters. The van der Waals surface area contributed by atoms with Crippen molar-refractivity contribution in [3.63, 3.8) is 0 Å². The van der Waals surface area contributed by atoms with E-state index in [0.717, 1.165) is 23.6 Å². The summed E-state index contributed by atoms with van der Waals surface area (Å²) in [6.45, 7) is 0. The first-order valence-electron chi connectivity index (χ1n) is 8.20. The van der Waals surface area contributed by atoms with Crippen LogP contribution >= 0.6 is 0 Å². The molecule has 124 valence electrons. The van der Waals surface area contributed by atoms with Crippen LogP contribution in [-0.4, -0.2) is 19.3 Å². The van der Waals surface area contributed by atoms with E-state index >= 15 is 0 Å². The van der Waals surface area contributed by atoms with Crippen LogP contribution in [0.2, 0.25) is 0 Å². The fraction of sp³-hybridized carbons (Fsp3) is 0.300. The zero-order chi connectivity index (χ0) is 16.7. The molecule has 0 saturated heterocycles. The van der Waals surface area contributed by atoms with Crippen LogP contribution in [0.15, 0.2) is 48.6 Å². The second-order valence-electron chi connectivity index (χ2n) is 6.33. The Morgan fingerprint density at radius 2 is 1.71 bits per heavy atom. The molecule has 4 nitrogen and oxygen atoms in total. The number of nitrogens with one attached hydrogen (secondary N) is 1. The lowest BCUT2D eigenvalue weighted by Crippen LogP contribution is -2.29. The third-order valence-corrected chi connectivity index (χ3v) is 5.13. The Kier molecular flexibility index (Phi) is 3.60. The minimum atomic E-state index is 0.166. The van der Waals surface area contributed by atoms with Crippen LogP contribution in [0.5, 0.6) is 17.2 Å². The van der Waals surface area contributed by atoms with Crippen LogP contribution in [0.1, 0.15) is 29.5 Å². The van der Waals surface area contributed by atoms with Gasteiger partial charge in [-0.1, -0.05) is 24.3 Å². The van der Waals surface area contributed by atoms with Gasteiger partial charge in [0.25, 0.3) is 0 Å². The molecule has 0 amide bonds. The van der Waals surface area contributed by atoms with Gasteiger partial charge in [0.05, 0.1) is 25.9 Å². The van der Waals surface area contributed by atoms with Crippen LogP contribution in [-0.2, 0) is 0 Å². The fourth-order valence-corrected chi connectivity index (χ4v) is 4.01. The normalized spacial score (nSPS) is 24.0. The van der Waals surface area contributed by atoms with Gasteiger partial charge in [0.2, 0.25) is 0 Å². The molecule has 0 bridgehead atoms. The summed E-state index contributed by atoms with van der Waals surface area (Å²) in [5, 5.41) is 13.3. The van der Waals surface area contributed by atoms with Crippen LogP contribution < -0.4 is 14.8 Å². The number of methoxy groups -OCH3 is 2. The molecule has 24 heavy (non-hydrogen) atoms. The van der Waals surface area contributed by atoms with Crippen molar-refractivity contribution in [3.05, 3.63) is 59.7 Å². The first-order valence-corrected chi connectivity index (χ1v) is 8.20. The number of phenols is 1. The molecule has 1 heterocycles. The maximum Gasteiger partial charge on any atom is 0.142 e. The number of allylic oxidation sites excluding steroid dienone is 2. The SMILES string of the molecule is COc1ccc(OC)c2c1NC(c1ccc(O)cc1)C1CC=CC21. The Morgan fingerprint density at radius 3 is 2.42 bits per heavy atom. The quantitative estimate of drug-likeness (QED) is 0.830. The molecular weight excluding hydrogens is 302 g/mol. The minimum Gasteiger partial charge on any atom is -0.508 e. The Balaban J connectivity index is 1.85. The standard InChI is InChI=1S/C20H21NO3/c1-23-16-10-11-17(24-2)20-18(16)14-4-3-5-15(14)19(21-20)12-6-8-13(22)9-7-12/h3-4,6-11,14-15,19,21-22H,5H2,1-2H3. The number of hydrogen-bond donors (Lipinski definition) is 2. The molecule has 4 heteroatoms. The van der Waals surface area contributed by atoms with E-state index in [1.165, 1.54) is 11.1 Å². The second kappa shape index (κ2) is 5.78. The zero-order valence-corrected chi connectivity index (χ0v) is 13.8. The van der Waals surface area contributed by atoms with Crippen molar-refractivity contribution in [1.82, 2.24) is 0 Å². The molecule has 2 aromatic rings. The van der Waals surface area contributed by atoms with E-state index in [9.17, 15) is 5.11 Å². The van der Waals surface area contributed by atoms with Crippen molar-refractivity contribution < 1.29 is 14.6 Å². The Morgan fingerprint density at radius 1 is 1.00 bits per heavy atom. The summed E-state index contributed by atoms with van der Waals surface area (Å²) in [5.74, 6) is 2.72. The smallest absolute Gasteiger partial charge is 0.142 e. The largest absolute Gasteiger partial charge is 0.508 e. The number of ether oxygens (including phenoxy) is 2. The number of hydrogen-bond acceptors (Lipinski definition) is 4. The van der Waals surface area contributed by atoms with Crippen molar-refractivity contribution in [1.29, 1.82) is 0 Å². The summed E-state index contributed by atoms with van der Waals surface area (Å²) in [6, 6.07) is 11.5. The van der Waals surface area contributed by atoms with Crippen LogP contribution in [0, 0.1) is 5.92 Å². The van der Waals surface area contributed by atoms with Gasteiger partial charge in [-0.2, -0.15) is 0 Å². The predicted octanol–water partition coefficient (Wildman–Crippen LogP) is 4.24. The summed E-state index contributed by atoms with van der Waals surface area (Å²) in [7, 11) is 3.40. The zero-order valence-electron chi connectivity index (χ0n) is 13.8. The maximum atomic E-state index is 9.58. The topological polar surface area (TPSA) is 50.7 Å².